The molecule has 0 aliphatic carbocycles. The van der Waals surface area contributed by atoms with E-state index in [-0.39, 0.29) is 5.91 Å². The van der Waals surface area contributed by atoms with Crippen LogP contribution in [0.2, 0.25) is 0 Å². The average Bonchev–Trinajstić information content (AvgIpc) is 2.68. The minimum Gasteiger partial charge on any atom is -0.453 e. The second-order valence-electron chi connectivity index (χ2n) is 7.64. The number of aliphatic hydroxyl groups excluding tert-OH is 1. The van der Waals surface area contributed by atoms with Crippen LogP contribution >= 0.6 is 0 Å². The molecule has 156 valence electrons. The summed E-state index contributed by atoms with van der Waals surface area (Å²) >= 11 is 0. The van der Waals surface area contributed by atoms with Gasteiger partial charge in [0, 0.05) is 12.0 Å². The van der Waals surface area contributed by atoms with E-state index in [9.17, 15) is 19.5 Å². The van der Waals surface area contributed by atoms with Crippen molar-refractivity contribution in [2.24, 2.45) is 5.92 Å². The van der Waals surface area contributed by atoms with Crippen molar-refractivity contribution in [3.05, 3.63) is 35.4 Å². The third-order valence-electron chi connectivity index (χ3n) is 4.88. The molecule has 2 N–H and O–H groups in total. The fourth-order valence-electron chi connectivity index (χ4n) is 3.03. The Kier molecular flexibility index (Phi) is 9.87. The molecular weight excluding hydrogens is 358 g/mol. The molecule has 0 aliphatic heterocycles. The fraction of sp³-hybridized carbons (Fsp3) is 0.591. The molecule has 0 saturated heterocycles. The maximum atomic E-state index is 12.6. The number of rotatable bonds is 12. The van der Waals surface area contributed by atoms with Gasteiger partial charge in [0.05, 0.1) is 6.61 Å². The predicted molar refractivity (Wildman–Crippen MR) is 108 cm³/mol. The van der Waals surface area contributed by atoms with Crippen LogP contribution in [0.15, 0.2) is 24.3 Å². The normalized spacial score (nSPS) is 13.5. The molecule has 1 aromatic rings. The molecule has 2 atom stereocenters. The smallest absolute Gasteiger partial charge is 0.331 e. The van der Waals surface area contributed by atoms with E-state index in [1.807, 2.05) is 0 Å². The Hall–Kier alpha value is -2.21. The maximum Gasteiger partial charge on any atom is 0.331 e. The molecule has 0 bridgehead atoms. The third kappa shape index (κ3) is 7.43. The fourth-order valence-corrected chi connectivity index (χ4v) is 3.03. The van der Waals surface area contributed by atoms with Crippen LogP contribution in [-0.4, -0.2) is 35.4 Å². The van der Waals surface area contributed by atoms with Gasteiger partial charge in [0.2, 0.25) is 5.91 Å². The van der Waals surface area contributed by atoms with Gasteiger partial charge in [0.15, 0.2) is 0 Å². The largest absolute Gasteiger partial charge is 0.453 e. The van der Waals surface area contributed by atoms with Crippen molar-refractivity contribution in [2.45, 2.75) is 71.4 Å². The number of carbonyl (C=O) groups is 3. The van der Waals surface area contributed by atoms with Gasteiger partial charge in [-0.3, -0.25) is 9.59 Å². The van der Waals surface area contributed by atoms with Crippen LogP contribution in [0.25, 0.3) is 0 Å². The number of hydrogen-bond acceptors (Lipinski definition) is 5. The summed E-state index contributed by atoms with van der Waals surface area (Å²) in [6.07, 6.45) is 4.23. The number of ether oxygens (including phenoxy) is 1. The Morgan fingerprint density at radius 2 is 1.82 bits per heavy atom. The summed E-state index contributed by atoms with van der Waals surface area (Å²) in [6.45, 7) is 7.02. The molecule has 0 fully saturated rings. The van der Waals surface area contributed by atoms with Gasteiger partial charge in [0.1, 0.15) is 17.9 Å². The van der Waals surface area contributed by atoms with Crippen LogP contribution in [-0.2, 0) is 14.3 Å². The highest BCUT2D eigenvalue weighted by molar-refractivity contribution is 5.87. The summed E-state index contributed by atoms with van der Waals surface area (Å²) in [7, 11) is 0. The van der Waals surface area contributed by atoms with Crippen LogP contribution in [0, 0.1) is 5.92 Å². The van der Waals surface area contributed by atoms with Gasteiger partial charge < -0.3 is 15.2 Å². The Balaban J connectivity index is 2.66. The van der Waals surface area contributed by atoms with E-state index < -0.39 is 24.2 Å². The lowest BCUT2D eigenvalue weighted by Crippen LogP contribution is -2.51. The molecule has 0 aromatic heterocycles. The summed E-state index contributed by atoms with van der Waals surface area (Å²) in [5, 5.41) is 12.3. The molecular formula is C22H33NO5. The Morgan fingerprint density at radius 3 is 2.32 bits per heavy atom. The zero-order chi connectivity index (χ0) is 21.2. The summed E-state index contributed by atoms with van der Waals surface area (Å²) in [5.74, 6) is -0.300. The molecule has 1 aromatic carbocycles. The van der Waals surface area contributed by atoms with E-state index >= 15 is 0 Å². The summed E-state index contributed by atoms with van der Waals surface area (Å²) < 4.78 is 5.42. The number of hydrogen-bond donors (Lipinski definition) is 2. The topological polar surface area (TPSA) is 92.7 Å². The number of carbonyl (C=O) groups excluding carboxylic acids is 3. The molecule has 1 rings (SSSR count). The molecule has 0 aliphatic rings. The van der Waals surface area contributed by atoms with E-state index in [4.69, 9.17) is 4.74 Å². The first kappa shape index (κ1) is 23.8. The summed E-state index contributed by atoms with van der Waals surface area (Å²) in [4.78, 5) is 35.6. The number of esters is 1. The molecule has 6 heteroatoms. The monoisotopic (exact) mass is 391 g/mol. The molecule has 0 heterocycles. The molecule has 28 heavy (non-hydrogen) atoms. The molecule has 0 radical (unpaired) electrons. The van der Waals surface area contributed by atoms with Crippen LogP contribution in [0.4, 0.5) is 0 Å². The maximum absolute atomic E-state index is 12.6. The van der Waals surface area contributed by atoms with Gasteiger partial charge in [-0.2, -0.15) is 0 Å². The second kappa shape index (κ2) is 11.6. The highest BCUT2D eigenvalue weighted by atomic mass is 16.6. The molecule has 0 spiro atoms. The SMILES string of the molecule is CCCC(CC)CCC(=O)NC(C)(C)C(=O)OC(CO)c1ccc(C=O)cc1. The quantitative estimate of drug-likeness (QED) is 0.420. The van der Waals surface area contributed by atoms with Crippen molar-refractivity contribution >= 4 is 18.2 Å². The average molecular weight is 392 g/mol. The second-order valence-corrected chi connectivity index (χ2v) is 7.64. The predicted octanol–water partition coefficient (Wildman–Crippen LogP) is 3.58. The van der Waals surface area contributed by atoms with Crippen LogP contribution < -0.4 is 5.32 Å². The number of amides is 1. The number of aldehydes is 1. The standard InChI is InChI=1S/C22H33NO5/c1-5-7-16(6-2)10-13-20(26)23-22(3,4)21(27)28-19(15-25)18-11-8-17(14-24)9-12-18/h8-9,11-12,14,16,19,25H,5-7,10,13,15H2,1-4H3,(H,23,26). The zero-order valence-corrected chi connectivity index (χ0v) is 17.4. The lowest BCUT2D eigenvalue weighted by molar-refractivity contribution is -0.159. The van der Waals surface area contributed by atoms with Gasteiger partial charge in [-0.15, -0.1) is 0 Å². The number of nitrogens with one attached hydrogen (secondary N) is 1. The van der Waals surface area contributed by atoms with Crippen molar-refractivity contribution in [1.82, 2.24) is 5.32 Å². The van der Waals surface area contributed by atoms with Crippen molar-refractivity contribution in [3.63, 3.8) is 0 Å². The van der Waals surface area contributed by atoms with E-state index in [2.05, 4.69) is 19.2 Å². The van der Waals surface area contributed by atoms with Crippen molar-refractivity contribution in [2.75, 3.05) is 6.61 Å². The highest BCUT2D eigenvalue weighted by Crippen LogP contribution is 2.21. The van der Waals surface area contributed by atoms with E-state index in [0.717, 1.165) is 25.7 Å². The number of aliphatic hydroxyl groups is 1. The minimum atomic E-state index is -1.21. The van der Waals surface area contributed by atoms with Gasteiger partial charge in [-0.25, -0.2) is 4.79 Å². The minimum absolute atomic E-state index is 0.188. The van der Waals surface area contributed by atoms with E-state index in [1.165, 1.54) is 0 Å². The van der Waals surface area contributed by atoms with Crippen LogP contribution in [0.3, 0.4) is 0 Å². The Labute approximate surface area is 167 Å². The van der Waals surface area contributed by atoms with Crippen molar-refractivity contribution in [3.8, 4) is 0 Å². The Morgan fingerprint density at radius 1 is 1.18 bits per heavy atom. The summed E-state index contributed by atoms with van der Waals surface area (Å²) in [5.41, 5.74) is -0.138. The van der Waals surface area contributed by atoms with Gasteiger partial charge in [-0.1, -0.05) is 57.4 Å². The van der Waals surface area contributed by atoms with Crippen LogP contribution in [0.1, 0.15) is 81.8 Å². The first-order valence-electron chi connectivity index (χ1n) is 9.95. The van der Waals surface area contributed by atoms with Gasteiger partial charge in [-0.05, 0) is 31.7 Å². The van der Waals surface area contributed by atoms with Crippen molar-refractivity contribution in [1.29, 1.82) is 0 Å². The lowest BCUT2D eigenvalue weighted by atomic mass is 9.95. The zero-order valence-electron chi connectivity index (χ0n) is 17.4. The molecule has 2 unspecified atom stereocenters. The van der Waals surface area contributed by atoms with Crippen molar-refractivity contribution < 1.29 is 24.2 Å². The third-order valence-corrected chi connectivity index (χ3v) is 4.88. The van der Waals surface area contributed by atoms with E-state index in [1.54, 1.807) is 38.1 Å². The lowest BCUT2D eigenvalue weighted by Gasteiger charge is -2.27. The molecule has 0 saturated carbocycles. The highest BCUT2D eigenvalue weighted by Gasteiger charge is 2.33. The molecule has 1 amide bonds. The van der Waals surface area contributed by atoms with Crippen LogP contribution in [0.5, 0.6) is 0 Å². The van der Waals surface area contributed by atoms with Gasteiger partial charge in [0.25, 0.3) is 0 Å². The first-order chi connectivity index (χ1) is 13.3. The van der Waals surface area contributed by atoms with E-state index in [0.29, 0.717) is 29.8 Å². The Bertz CT molecular complexity index is 639. The first-order valence-corrected chi connectivity index (χ1v) is 9.95. The summed E-state index contributed by atoms with van der Waals surface area (Å²) in [6, 6.07) is 6.43. The number of benzene rings is 1. The van der Waals surface area contributed by atoms with Gasteiger partial charge >= 0.3 is 5.97 Å². The molecule has 6 nitrogen and oxygen atoms in total.